The molecule has 0 saturated carbocycles. The summed E-state index contributed by atoms with van der Waals surface area (Å²) in [5, 5.41) is 2.87. The van der Waals surface area contributed by atoms with Gasteiger partial charge in [0, 0.05) is 14.5 Å². The van der Waals surface area contributed by atoms with Crippen LogP contribution in [0.15, 0.2) is 51.4 Å². The van der Waals surface area contributed by atoms with Crippen molar-refractivity contribution >= 4 is 43.5 Å². The maximum atomic E-state index is 12.0. The largest absolute Gasteiger partial charge is 0.321 e. The van der Waals surface area contributed by atoms with E-state index in [0.29, 0.717) is 5.56 Å². The molecular weight excluding hydrogens is 358 g/mol. The van der Waals surface area contributed by atoms with Gasteiger partial charge in [-0.25, -0.2) is 0 Å². The van der Waals surface area contributed by atoms with Crippen LogP contribution in [0.2, 0.25) is 0 Å². The van der Waals surface area contributed by atoms with Crippen LogP contribution in [0.5, 0.6) is 0 Å². The van der Waals surface area contributed by atoms with Gasteiger partial charge in [0.25, 0.3) is 5.91 Å². The molecule has 0 aliphatic carbocycles. The van der Waals surface area contributed by atoms with E-state index in [0.717, 1.165) is 20.2 Å². The summed E-state index contributed by atoms with van der Waals surface area (Å²) in [4.78, 5) is 12.0. The first-order valence-corrected chi connectivity index (χ1v) is 6.98. The summed E-state index contributed by atoms with van der Waals surface area (Å²) in [6.07, 6.45) is 0. The van der Waals surface area contributed by atoms with Crippen molar-refractivity contribution in [2.75, 3.05) is 5.32 Å². The molecule has 2 aromatic carbocycles. The first-order valence-electron chi connectivity index (χ1n) is 5.39. The van der Waals surface area contributed by atoms with Crippen molar-refractivity contribution in [3.8, 4) is 0 Å². The highest BCUT2D eigenvalue weighted by Crippen LogP contribution is 2.26. The third-order valence-corrected chi connectivity index (χ3v) is 3.68. The molecular formula is C14H11Br2NO. The molecule has 0 heterocycles. The highest BCUT2D eigenvalue weighted by atomic mass is 79.9. The van der Waals surface area contributed by atoms with Crippen molar-refractivity contribution in [1.82, 2.24) is 0 Å². The molecule has 0 radical (unpaired) electrons. The SMILES string of the molecule is Cc1ccc(C(=O)Nc2cc(Br)ccc2Br)cc1. The molecule has 1 N–H and O–H groups in total. The number of anilines is 1. The van der Waals surface area contributed by atoms with Crippen LogP contribution in [0.4, 0.5) is 5.69 Å². The van der Waals surface area contributed by atoms with E-state index in [9.17, 15) is 4.79 Å². The zero-order chi connectivity index (χ0) is 13.1. The third-order valence-electron chi connectivity index (χ3n) is 2.49. The second-order valence-electron chi connectivity index (χ2n) is 3.94. The predicted molar refractivity (Wildman–Crippen MR) is 81.0 cm³/mol. The van der Waals surface area contributed by atoms with Crippen molar-refractivity contribution in [2.24, 2.45) is 0 Å². The summed E-state index contributed by atoms with van der Waals surface area (Å²) in [5.74, 6) is -0.117. The Labute approximate surface area is 123 Å². The van der Waals surface area contributed by atoms with Gasteiger partial charge in [-0.3, -0.25) is 4.79 Å². The summed E-state index contributed by atoms with van der Waals surface area (Å²) in [6, 6.07) is 13.1. The van der Waals surface area contributed by atoms with E-state index in [4.69, 9.17) is 0 Å². The van der Waals surface area contributed by atoms with Crippen molar-refractivity contribution in [3.05, 3.63) is 62.5 Å². The number of aryl methyl sites for hydroxylation is 1. The standard InChI is InChI=1S/C14H11Br2NO/c1-9-2-4-10(5-3-9)14(18)17-13-8-11(15)6-7-12(13)16/h2-8H,1H3,(H,17,18). The molecule has 18 heavy (non-hydrogen) atoms. The Hall–Kier alpha value is -1.13. The Morgan fingerprint density at radius 1 is 1.06 bits per heavy atom. The Bertz CT molecular complexity index is 579. The topological polar surface area (TPSA) is 29.1 Å². The minimum Gasteiger partial charge on any atom is -0.321 e. The molecule has 0 atom stereocenters. The molecule has 0 spiro atoms. The Morgan fingerprint density at radius 2 is 1.72 bits per heavy atom. The van der Waals surface area contributed by atoms with Crippen molar-refractivity contribution in [3.63, 3.8) is 0 Å². The van der Waals surface area contributed by atoms with Crippen molar-refractivity contribution in [2.45, 2.75) is 6.92 Å². The molecule has 0 aliphatic heterocycles. The Kier molecular flexibility index (Phi) is 4.19. The molecule has 2 rings (SSSR count). The Balaban J connectivity index is 2.21. The van der Waals surface area contributed by atoms with E-state index >= 15 is 0 Å². The van der Waals surface area contributed by atoms with Crippen molar-refractivity contribution < 1.29 is 4.79 Å². The molecule has 0 bridgehead atoms. The number of halogens is 2. The first kappa shape index (κ1) is 13.3. The van der Waals surface area contributed by atoms with Crippen molar-refractivity contribution in [1.29, 1.82) is 0 Å². The lowest BCUT2D eigenvalue weighted by atomic mass is 10.1. The van der Waals surface area contributed by atoms with Crippen LogP contribution in [0.25, 0.3) is 0 Å². The third kappa shape index (κ3) is 3.21. The number of carbonyl (C=O) groups is 1. The maximum absolute atomic E-state index is 12.0. The average molecular weight is 369 g/mol. The minimum absolute atomic E-state index is 0.117. The maximum Gasteiger partial charge on any atom is 0.255 e. The van der Waals surface area contributed by atoms with E-state index < -0.39 is 0 Å². The van der Waals surface area contributed by atoms with E-state index in [1.165, 1.54) is 0 Å². The van der Waals surface area contributed by atoms with Gasteiger partial charge in [0.1, 0.15) is 0 Å². The van der Waals surface area contributed by atoms with Crippen LogP contribution in [0, 0.1) is 6.92 Å². The summed E-state index contributed by atoms with van der Waals surface area (Å²) in [7, 11) is 0. The average Bonchev–Trinajstić information content (AvgIpc) is 2.34. The fourth-order valence-electron chi connectivity index (χ4n) is 1.49. The lowest BCUT2D eigenvalue weighted by Gasteiger charge is -2.08. The molecule has 0 aliphatic rings. The Morgan fingerprint density at radius 3 is 2.39 bits per heavy atom. The summed E-state index contributed by atoms with van der Waals surface area (Å²) in [6.45, 7) is 1.99. The van der Waals surface area contributed by atoms with Gasteiger partial charge >= 0.3 is 0 Å². The number of hydrogen-bond donors (Lipinski definition) is 1. The van der Waals surface area contributed by atoms with Gasteiger partial charge in [0.05, 0.1) is 5.69 Å². The zero-order valence-electron chi connectivity index (χ0n) is 9.71. The molecule has 92 valence electrons. The number of carbonyl (C=O) groups excluding carboxylic acids is 1. The molecule has 0 saturated heterocycles. The number of rotatable bonds is 2. The van der Waals surface area contributed by atoms with Crippen LogP contribution in [0.1, 0.15) is 15.9 Å². The van der Waals surface area contributed by atoms with Crippen LogP contribution < -0.4 is 5.32 Å². The van der Waals surface area contributed by atoms with Crippen LogP contribution >= 0.6 is 31.9 Å². The van der Waals surface area contributed by atoms with Gasteiger partial charge < -0.3 is 5.32 Å². The normalized spacial score (nSPS) is 10.2. The molecule has 0 aromatic heterocycles. The van der Waals surface area contributed by atoms with Crippen LogP contribution in [-0.2, 0) is 0 Å². The molecule has 1 amide bonds. The molecule has 0 unspecified atom stereocenters. The van der Waals surface area contributed by atoms with E-state index in [1.807, 2.05) is 49.4 Å². The smallest absolute Gasteiger partial charge is 0.255 e. The number of nitrogens with one attached hydrogen (secondary N) is 1. The number of benzene rings is 2. The van der Waals surface area contributed by atoms with Gasteiger partial charge in [-0.1, -0.05) is 33.6 Å². The zero-order valence-corrected chi connectivity index (χ0v) is 12.9. The number of amides is 1. The van der Waals surface area contributed by atoms with Gasteiger partial charge in [0.15, 0.2) is 0 Å². The first-order chi connectivity index (χ1) is 8.56. The second kappa shape index (κ2) is 5.67. The fraction of sp³-hybridized carbons (Fsp3) is 0.0714. The number of hydrogen-bond acceptors (Lipinski definition) is 1. The van der Waals surface area contributed by atoms with Gasteiger partial charge in [-0.15, -0.1) is 0 Å². The molecule has 4 heteroatoms. The second-order valence-corrected chi connectivity index (χ2v) is 5.71. The molecule has 2 aromatic rings. The van der Waals surface area contributed by atoms with Crippen LogP contribution in [0.3, 0.4) is 0 Å². The van der Waals surface area contributed by atoms with Gasteiger partial charge in [-0.05, 0) is 53.2 Å². The fourth-order valence-corrected chi connectivity index (χ4v) is 2.20. The lowest BCUT2D eigenvalue weighted by molar-refractivity contribution is 0.102. The summed E-state index contributed by atoms with van der Waals surface area (Å²) >= 11 is 6.79. The summed E-state index contributed by atoms with van der Waals surface area (Å²) < 4.78 is 1.77. The van der Waals surface area contributed by atoms with Gasteiger partial charge in [0.2, 0.25) is 0 Å². The highest BCUT2D eigenvalue weighted by Gasteiger charge is 2.08. The lowest BCUT2D eigenvalue weighted by Crippen LogP contribution is -2.12. The van der Waals surface area contributed by atoms with E-state index in [-0.39, 0.29) is 5.91 Å². The van der Waals surface area contributed by atoms with E-state index in [1.54, 1.807) is 0 Å². The molecule has 2 nitrogen and oxygen atoms in total. The summed E-state index contributed by atoms with van der Waals surface area (Å²) in [5.41, 5.74) is 2.53. The molecule has 0 fully saturated rings. The minimum atomic E-state index is -0.117. The predicted octanol–water partition coefficient (Wildman–Crippen LogP) is 4.77. The van der Waals surface area contributed by atoms with E-state index in [2.05, 4.69) is 37.2 Å². The monoisotopic (exact) mass is 367 g/mol. The van der Waals surface area contributed by atoms with Crippen LogP contribution in [-0.4, -0.2) is 5.91 Å². The van der Waals surface area contributed by atoms with Gasteiger partial charge in [-0.2, -0.15) is 0 Å². The quantitative estimate of drug-likeness (QED) is 0.812. The highest BCUT2D eigenvalue weighted by molar-refractivity contribution is 9.11.